The van der Waals surface area contributed by atoms with Crippen LogP contribution in [0.25, 0.3) is 0 Å². The first-order valence-corrected chi connectivity index (χ1v) is 4.68. The Morgan fingerprint density at radius 1 is 1.44 bits per heavy atom. The molecule has 0 amide bonds. The zero-order chi connectivity index (χ0) is 13.5. The highest BCUT2D eigenvalue weighted by Gasteiger charge is 2.14. The Balaban J connectivity index is 3.07. The van der Waals surface area contributed by atoms with Crippen LogP contribution >= 0.6 is 0 Å². The number of nitrogens with zero attached hydrogens (tertiary/aromatic N) is 3. The third-order valence-electron chi connectivity index (χ3n) is 1.94. The maximum absolute atomic E-state index is 11.3. The third-order valence-corrected chi connectivity index (χ3v) is 1.94. The SMILES string of the molecule is COC(=O)c1cccc(NN=C(C#N)C#N)c1O. The molecule has 0 bridgehead atoms. The van der Waals surface area contributed by atoms with Crippen molar-refractivity contribution in [1.29, 1.82) is 10.5 Å². The Bertz CT molecular complexity index is 565. The van der Waals surface area contributed by atoms with Gasteiger partial charge in [-0.15, -0.1) is 0 Å². The Morgan fingerprint density at radius 2 is 2.11 bits per heavy atom. The molecule has 0 unspecified atom stereocenters. The summed E-state index contributed by atoms with van der Waals surface area (Å²) in [6.07, 6.45) is 0. The zero-order valence-electron chi connectivity index (χ0n) is 9.34. The van der Waals surface area contributed by atoms with Gasteiger partial charge in [-0.2, -0.15) is 15.6 Å². The van der Waals surface area contributed by atoms with E-state index in [1.807, 2.05) is 0 Å². The second kappa shape index (κ2) is 5.87. The van der Waals surface area contributed by atoms with Gasteiger partial charge in [0, 0.05) is 0 Å². The van der Waals surface area contributed by atoms with Crippen LogP contribution in [0.4, 0.5) is 5.69 Å². The molecule has 0 radical (unpaired) electrons. The van der Waals surface area contributed by atoms with E-state index in [-0.39, 0.29) is 17.0 Å². The van der Waals surface area contributed by atoms with Crippen LogP contribution in [0.1, 0.15) is 10.4 Å². The molecule has 0 fully saturated rings. The lowest BCUT2D eigenvalue weighted by Gasteiger charge is -2.07. The van der Waals surface area contributed by atoms with Crippen LogP contribution in [0.5, 0.6) is 5.75 Å². The predicted molar refractivity (Wildman–Crippen MR) is 61.7 cm³/mol. The number of anilines is 1. The summed E-state index contributed by atoms with van der Waals surface area (Å²) in [5, 5.41) is 30.1. The molecule has 0 saturated heterocycles. The van der Waals surface area contributed by atoms with E-state index in [1.54, 1.807) is 12.1 Å². The van der Waals surface area contributed by atoms with Crippen molar-refractivity contribution in [2.75, 3.05) is 12.5 Å². The molecule has 0 saturated carbocycles. The van der Waals surface area contributed by atoms with Crippen molar-refractivity contribution >= 4 is 17.4 Å². The van der Waals surface area contributed by atoms with Gasteiger partial charge in [0.2, 0.25) is 5.71 Å². The number of hydrogen-bond donors (Lipinski definition) is 2. The minimum absolute atomic E-state index is 0.0480. The quantitative estimate of drug-likeness (QED) is 0.354. The average molecular weight is 244 g/mol. The van der Waals surface area contributed by atoms with Gasteiger partial charge in [-0.25, -0.2) is 4.79 Å². The highest BCUT2D eigenvalue weighted by atomic mass is 16.5. The molecule has 18 heavy (non-hydrogen) atoms. The van der Waals surface area contributed by atoms with E-state index in [1.165, 1.54) is 25.3 Å². The highest BCUT2D eigenvalue weighted by molar-refractivity contribution is 6.10. The van der Waals surface area contributed by atoms with Gasteiger partial charge in [0.15, 0.2) is 5.75 Å². The Kier molecular flexibility index (Phi) is 4.24. The molecule has 0 aliphatic carbocycles. The van der Waals surface area contributed by atoms with Crippen molar-refractivity contribution in [3.63, 3.8) is 0 Å². The zero-order valence-corrected chi connectivity index (χ0v) is 9.34. The predicted octanol–water partition coefficient (Wildman–Crippen LogP) is 0.994. The van der Waals surface area contributed by atoms with Gasteiger partial charge >= 0.3 is 5.97 Å². The highest BCUT2D eigenvalue weighted by Crippen LogP contribution is 2.27. The van der Waals surface area contributed by atoms with E-state index in [9.17, 15) is 9.90 Å². The minimum atomic E-state index is -0.707. The minimum Gasteiger partial charge on any atom is -0.505 e. The van der Waals surface area contributed by atoms with Gasteiger partial charge in [-0.05, 0) is 12.1 Å². The van der Waals surface area contributed by atoms with Crippen LogP contribution in [-0.4, -0.2) is 23.9 Å². The number of benzene rings is 1. The van der Waals surface area contributed by atoms with Gasteiger partial charge < -0.3 is 9.84 Å². The molecule has 90 valence electrons. The maximum atomic E-state index is 11.3. The molecule has 0 heterocycles. The number of phenolic OH excluding ortho intramolecular Hbond substituents is 1. The van der Waals surface area contributed by atoms with Crippen molar-refractivity contribution < 1.29 is 14.6 Å². The molecule has 0 aliphatic heterocycles. The molecule has 0 spiro atoms. The number of phenols is 1. The summed E-state index contributed by atoms with van der Waals surface area (Å²) in [4.78, 5) is 11.3. The van der Waals surface area contributed by atoms with Crippen molar-refractivity contribution in [3.05, 3.63) is 23.8 Å². The van der Waals surface area contributed by atoms with Crippen molar-refractivity contribution in [2.24, 2.45) is 5.10 Å². The number of methoxy groups -OCH3 is 1. The number of para-hydroxylation sites is 1. The van der Waals surface area contributed by atoms with Crippen molar-refractivity contribution in [3.8, 4) is 17.9 Å². The average Bonchev–Trinajstić information content (AvgIpc) is 2.40. The fourth-order valence-electron chi connectivity index (χ4n) is 1.10. The van der Waals surface area contributed by atoms with Crippen molar-refractivity contribution in [1.82, 2.24) is 0 Å². The van der Waals surface area contributed by atoms with Crippen LogP contribution in [0, 0.1) is 22.7 Å². The van der Waals surface area contributed by atoms with Gasteiger partial charge in [0.1, 0.15) is 17.7 Å². The first-order chi connectivity index (χ1) is 8.63. The van der Waals surface area contributed by atoms with Crippen LogP contribution in [0.15, 0.2) is 23.3 Å². The number of nitriles is 2. The number of rotatable bonds is 3. The fourth-order valence-corrected chi connectivity index (χ4v) is 1.10. The Morgan fingerprint density at radius 3 is 2.67 bits per heavy atom. The molecule has 0 aliphatic rings. The number of hydrogen-bond acceptors (Lipinski definition) is 7. The van der Waals surface area contributed by atoms with Gasteiger partial charge in [0.25, 0.3) is 0 Å². The topological polar surface area (TPSA) is 118 Å². The molecule has 7 heteroatoms. The number of nitrogens with one attached hydrogen (secondary N) is 1. The van der Waals surface area contributed by atoms with E-state index in [4.69, 9.17) is 10.5 Å². The Hall–Kier alpha value is -3.06. The van der Waals surface area contributed by atoms with E-state index in [2.05, 4.69) is 15.3 Å². The van der Waals surface area contributed by atoms with Gasteiger partial charge in [-0.3, -0.25) is 5.43 Å². The summed E-state index contributed by atoms with van der Waals surface area (Å²) in [7, 11) is 1.18. The molecule has 0 aromatic heterocycles. The van der Waals surface area contributed by atoms with Crippen LogP contribution in [0.2, 0.25) is 0 Å². The molecule has 1 aromatic rings. The summed E-state index contributed by atoms with van der Waals surface area (Å²) in [5.74, 6) is -1.08. The summed E-state index contributed by atoms with van der Waals surface area (Å²) < 4.78 is 4.47. The third kappa shape index (κ3) is 2.74. The molecular formula is C11H8N4O3. The number of carbonyl (C=O) groups is 1. The first kappa shape index (κ1) is 13.0. The van der Waals surface area contributed by atoms with E-state index in [0.29, 0.717) is 0 Å². The molecule has 7 nitrogen and oxygen atoms in total. The molecule has 1 rings (SSSR count). The van der Waals surface area contributed by atoms with E-state index >= 15 is 0 Å². The lowest BCUT2D eigenvalue weighted by molar-refractivity contribution is 0.0597. The smallest absolute Gasteiger partial charge is 0.341 e. The molecule has 0 atom stereocenters. The Labute approximate surface area is 103 Å². The van der Waals surface area contributed by atoms with Gasteiger partial charge in [0.05, 0.1) is 12.8 Å². The summed E-state index contributed by atoms with van der Waals surface area (Å²) in [5.41, 5.74) is 1.95. The monoisotopic (exact) mass is 244 g/mol. The maximum Gasteiger partial charge on any atom is 0.341 e. The summed E-state index contributed by atoms with van der Waals surface area (Å²) in [6, 6.07) is 7.37. The summed E-state index contributed by atoms with van der Waals surface area (Å²) >= 11 is 0. The largest absolute Gasteiger partial charge is 0.505 e. The summed E-state index contributed by atoms with van der Waals surface area (Å²) in [6.45, 7) is 0. The van der Waals surface area contributed by atoms with Crippen LogP contribution in [0.3, 0.4) is 0 Å². The second-order valence-corrected chi connectivity index (χ2v) is 2.99. The standard InChI is InChI=1S/C11H8N4O3/c1-18-11(17)8-3-2-4-9(10(8)16)15-14-7(5-12)6-13/h2-4,15-16H,1H3. The van der Waals surface area contributed by atoms with Gasteiger partial charge in [-0.1, -0.05) is 6.07 Å². The second-order valence-electron chi connectivity index (χ2n) is 2.99. The molecule has 2 N–H and O–H groups in total. The van der Waals surface area contributed by atoms with Crippen LogP contribution in [-0.2, 0) is 4.74 Å². The molecule has 1 aromatic carbocycles. The fraction of sp³-hybridized carbons (Fsp3) is 0.0909. The van der Waals surface area contributed by atoms with Crippen LogP contribution < -0.4 is 5.43 Å². The van der Waals surface area contributed by atoms with E-state index < -0.39 is 11.7 Å². The number of aromatic hydroxyl groups is 1. The normalized spacial score (nSPS) is 8.61. The van der Waals surface area contributed by atoms with Crippen molar-refractivity contribution in [2.45, 2.75) is 0 Å². The lowest BCUT2D eigenvalue weighted by atomic mass is 10.2. The lowest BCUT2D eigenvalue weighted by Crippen LogP contribution is -2.03. The first-order valence-electron chi connectivity index (χ1n) is 4.68. The molecular weight excluding hydrogens is 236 g/mol. The number of hydrazone groups is 1. The van der Waals surface area contributed by atoms with E-state index in [0.717, 1.165) is 0 Å². The number of carbonyl (C=O) groups excluding carboxylic acids is 1. The number of ether oxygens (including phenoxy) is 1. The number of esters is 1.